The van der Waals surface area contributed by atoms with Gasteiger partial charge >= 0.3 is 0 Å². The molecule has 1 saturated carbocycles. The van der Waals surface area contributed by atoms with E-state index in [4.69, 9.17) is 30.9 Å². The molecule has 9 nitrogen and oxygen atoms in total. The number of aromatic nitrogens is 4. The van der Waals surface area contributed by atoms with Crippen LogP contribution in [0.2, 0.25) is 5.28 Å². The number of hydrogen-bond acceptors (Lipinski definition) is 8. The number of nitrogens with one attached hydrogen (secondary N) is 1. The van der Waals surface area contributed by atoms with Gasteiger partial charge in [-0.2, -0.15) is 15.1 Å². The fraction of sp³-hybridized carbons (Fsp3) is 0.688. The van der Waals surface area contributed by atoms with Crippen LogP contribution < -0.4 is 5.32 Å². The molecule has 1 aliphatic carbocycles. The molecular formula is C16H23ClN5O4P. The lowest BCUT2D eigenvalue weighted by atomic mass is 10.2. The summed E-state index contributed by atoms with van der Waals surface area (Å²) >= 11 is 6.16. The molecule has 1 saturated heterocycles. The van der Waals surface area contributed by atoms with E-state index in [1.807, 2.05) is 0 Å². The number of nitrogens with zero attached hydrogens (tertiary/aromatic N) is 4. The summed E-state index contributed by atoms with van der Waals surface area (Å²) < 4.78 is 13.0. The second-order valence-electron chi connectivity index (χ2n) is 6.96. The molecule has 0 aromatic carbocycles. The first kappa shape index (κ1) is 19.2. The van der Waals surface area contributed by atoms with Gasteiger partial charge in [0.25, 0.3) is 0 Å². The Hall–Kier alpha value is -1.09. The highest BCUT2D eigenvalue weighted by Gasteiger charge is 2.29. The van der Waals surface area contributed by atoms with E-state index in [1.165, 1.54) is 12.8 Å². The van der Waals surface area contributed by atoms with Gasteiger partial charge in [0.05, 0.1) is 24.3 Å². The van der Waals surface area contributed by atoms with Gasteiger partial charge in [0.2, 0.25) is 5.28 Å². The molecule has 11 heteroatoms. The highest BCUT2D eigenvalue weighted by Crippen LogP contribution is 2.33. The SMILES string of the molecule is OP(O)COCC1CCC(n2ncc3c(NC4CCCC4)nc(Cl)nc32)O1. The highest BCUT2D eigenvalue weighted by atomic mass is 35.5. The summed E-state index contributed by atoms with van der Waals surface area (Å²) in [6, 6.07) is 0.412. The number of ether oxygens (including phenoxy) is 2. The molecular weight excluding hydrogens is 393 g/mol. The van der Waals surface area contributed by atoms with E-state index >= 15 is 0 Å². The van der Waals surface area contributed by atoms with Gasteiger partial charge in [-0.05, 0) is 37.3 Å². The molecule has 2 unspecified atom stereocenters. The summed E-state index contributed by atoms with van der Waals surface area (Å²) in [5.41, 5.74) is 0.649. The smallest absolute Gasteiger partial charge is 0.226 e. The molecule has 2 aromatic heterocycles. The van der Waals surface area contributed by atoms with Crippen molar-refractivity contribution >= 4 is 36.8 Å². The minimum atomic E-state index is -2.04. The Bertz CT molecular complexity index is 786. The first-order valence-corrected chi connectivity index (χ1v) is 11.0. The second kappa shape index (κ2) is 8.51. The Balaban J connectivity index is 1.49. The summed E-state index contributed by atoms with van der Waals surface area (Å²) in [5.74, 6) is 0.722. The Morgan fingerprint density at radius 1 is 1.26 bits per heavy atom. The Morgan fingerprint density at radius 3 is 2.85 bits per heavy atom. The standard InChI is InChI=1S/C16H23ClN5O4P/c17-16-20-14(19-10-3-1-2-4-10)12-7-18-22(15(12)21-16)13-6-5-11(26-13)8-25-9-27(23)24/h7,10-11,13,23-24H,1-6,8-9H2,(H,19,20,21). The molecule has 0 spiro atoms. The number of rotatable bonds is 7. The predicted octanol–water partition coefficient (Wildman–Crippen LogP) is 2.78. The fourth-order valence-corrected chi connectivity index (χ4v) is 4.17. The predicted molar refractivity (Wildman–Crippen MR) is 102 cm³/mol. The topological polar surface area (TPSA) is 115 Å². The first-order valence-electron chi connectivity index (χ1n) is 9.16. The molecule has 0 bridgehead atoms. The third-order valence-corrected chi connectivity index (χ3v) is 5.57. The van der Waals surface area contributed by atoms with Crippen LogP contribution in [0.4, 0.5) is 5.82 Å². The van der Waals surface area contributed by atoms with Crippen LogP contribution in [0.3, 0.4) is 0 Å². The lowest BCUT2D eigenvalue weighted by Gasteiger charge is -2.16. The molecule has 0 radical (unpaired) electrons. The fourth-order valence-electron chi connectivity index (χ4n) is 3.74. The van der Waals surface area contributed by atoms with Gasteiger partial charge in [-0.25, -0.2) is 4.68 Å². The Kier molecular flexibility index (Phi) is 6.06. The second-order valence-corrected chi connectivity index (χ2v) is 8.30. The average Bonchev–Trinajstić information content (AvgIpc) is 3.34. The molecule has 2 fully saturated rings. The molecule has 27 heavy (non-hydrogen) atoms. The van der Waals surface area contributed by atoms with Gasteiger partial charge < -0.3 is 24.6 Å². The molecule has 0 amide bonds. The van der Waals surface area contributed by atoms with Crippen LogP contribution >= 0.6 is 20.0 Å². The maximum atomic E-state index is 8.91. The maximum Gasteiger partial charge on any atom is 0.226 e. The molecule has 148 valence electrons. The van der Waals surface area contributed by atoms with E-state index in [2.05, 4.69) is 20.4 Å². The van der Waals surface area contributed by atoms with Gasteiger partial charge in [-0.3, -0.25) is 0 Å². The third-order valence-electron chi connectivity index (χ3n) is 4.99. The molecule has 1 aliphatic heterocycles. The lowest BCUT2D eigenvalue weighted by Crippen LogP contribution is -2.18. The van der Waals surface area contributed by atoms with Crippen molar-refractivity contribution in [2.24, 2.45) is 0 Å². The third kappa shape index (κ3) is 4.50. The van der Waals surface area contributed by atoms with Crippen LogP contribution in [0.25, 0.3) is 11.0 Å². The van der Waals surface area contributed by atoms with Crippen molar-refractivity contribution in [3.05, 3.63) is 11.5 Å². The lowest BCUT2D eigenvalue weighted by molar-refractivity contribution is -0.0384. The quantitative estimate of drug-likeness (QED) is 0.467. The minimum Gasteiger partial charge on any atom is -0.369 e. The Morgan fingerprint density at radius 2 is 2.07 bits per heavy atom. The molecule has 2 aromatic rings. The van der Waals surface area contributed by atoms with Crippen LogP contribution in [-0.4, -0.2) is 54.6 Å². The molecule has 2 atom stereocenters. The van der Waals surface area contributed by atoms with Gasteiger partial charge in [0.15, 0.2) is 20.3 Å². The largest absolute Gasteiger partial charge is 0.369 e. The van der Waals surface area contributed by atoms with Crippen molar-refractivity contribution in [2.75, 3.05) is 18.3 Å². The average molecular weight is 416 g/mol. The summed E-state index contributed by atoms with van der Waals surface area (Å²) in [6.07, 6.45) is 7.61. The van der Waals surface area contributed by atoms with E-state index in [0.717, 1.165) is 36.9 Å². The van der Waals surface area contributed by atoms with Crippen LogP contribution in [0.1, 0.15) is 44.8 Å². The van der Waals surface area contributed by atoms with E-state index in [9.17, 15) is 0 Å². The number of anilines is 1. The van der Waals surface area contributed by atoms with Gasteiger partial charge in [-0.1, -0.05) is 12.8 Å². The van der Waals surface area contributed by atoms with Crippen LogP contribution in [0.15, 0.2) is 6.20 Å². The number of fused-ring (bicyclic) bond motifs is 1. The van der Waals surface area contributed by atoms with E-state index in [1.54, 1.807) is 10.9 Å². The summed E-state index contributed by atoms with van der Waals surface area (Å²) in [4.78, 5) is 26.5. The number of hydrogen-bond donors (Lipinski definition) is 3. The molecule has 2 aliphatic rings. The molecule has 3 N–H and O–H groups in total. The minimum absolute atomic E-state index is 0.0659. The van der Waals surface area contributed by atoms with Gasteiger partial charge in [-0.15, -0.1) is 0 Å². The normalized spacial score (nSPS) is 23.7. The van der Waals surface area contributed by atoms with Crippen molar-refractivity contribution in [1.82, 2.24) is 19.7 Å². The van der Waals surface area contributed by atoms with Crippen molar-refractivity contribution < 1.29 is 19.3 Å². The molecule has 3 heterocycles. The summed E-state index contributed by atoms with van der Waals surface area (Å²) in [7, 11) is -2.04. The first-order chi connectivity index (χ1) is 13.1. The van der Waals surface area contributed by atoms with Gasteiger partial charge in [0, 0.05) is 6.04 Å². The Labute approximate surface area is 163 Å². The zero-order valence-electron chi connectivity index (χ0n) is 14.8. The van der Waals surface area contributed by atoms with Crippen molar-refractivity contribution in [3.8, 4) is 0 Å². The molecule has 4 rings (SSSR count). The van der Waals surface area contributed by atoms with Crippen LogP contribution in [0, 0.1) is 0 Å². The maximum absolute atomic E-state index is 8.91. The van der Waals surface area contributed by atoms with E-state index < -0.39 is 8.38 Å². The summed E-state index contributed by atoms with van der Waals surface area (Å²) in [5, 5.41) is 8.97. The van der Waals surface area contributed by atoms with Crippen molar-refractivity contribution in [2.45, 2.75) is 56.9 Å². The van der Waals surface area contributed by atoms with Crippen molar-refractivity contribution in [1.29, 1.82) is 0 Å². The van der Waals surface area contributed by atoms with Gasteiger partial charge in [0.1, 0.15) is 12.2 Å². The zero-order valence-corrected chi connectivity index (χ0v) is 16.4. The van der Waals surface area contributed by atoms with Crippen LogP contribution in [-0.2, 0) is 9.47 Å². The monoisotopic (exact) mass is 415 g/mol. The highest BCUT2D eigenvalue weighted by molar-refractivity contribution is 7.44. The van der Waals surface area contributed by atoms with Crippen LogP contribution in [0.5, 0.6) is 0 Å². The number of halogens is 1. The van der Waals surface area contributed by atoms with E-state index in [0.29, 0.717) is 18.3 Å². The zero-order chi connectivity index (χ0) is 18.8. The van der Waals surface area contributed by atoms with Crippen molar-refractivity contribution in [3.63, 3.8) is 0 Å². The van der Waals surface area contributed by atoms with E-state index in [-0.39, 0.29) is 24.0 Å². The summed E-state index contributed by atoms with van der Waals surface area (Å²) in [6.45, 7) is 0.319.